The van der Waals surface area contributed by atoms with E-state index in [9.17, 15) is 19.2 Å². The van der Waals surface area contributed by atoms with Crippen molar-refractivity contribution >= 4 is 24.0 Å². The Labute approximate surface area is 172 Å². The van der Waals surface area contributed by atoms with Crippen LogP contribution in [0.5, 0.6) is 0 Å². The Balaban J connectivity index is 2.22. The summed E-state index contributed by atoms with van der Waals surface area (Å²) in [6, 6.07) is 3.97. The van der Waals surface area contributed by atoms with Gasteiger partial charge in [-0.3, -0.25) is 19.3 Å². The normalized spacial score (nSPS) is 13.5. The molecule has 0 bridgehead atoms. The fourth-order valence-corrected chi connectivity index (χ4v) is 3.44. The summed E-state index contributed by atoms with van der Waals surface area (Å²) in [5.41, 5.74) is 1.00. The number of hydrogen-bond acceptors (Lipinski definition) is 4. The van der Waals surface area contributed by atoms with E-state index in [4.69, 9.17) is 0 Å². The van der Waals surface area contributed by atoms with Crippen LogP contribution < -0.4 is 5.32 Å². The number of carbonyl (C=O) groups is 4. The van der Waals surface area contributed by atoms with Gasteiger partial charge in [0.2, 0.25) is 5.91 Å². The van der Waals surface area contributed by atoms with E-state index in [2.05, 4.69) is 24.1 Å². The predicted molar refractivity (Wildman–Crippen MR) is 110 cm³/mol. The summed E-state index contributed by atoms with van der Waals surface area (Å²) in [6.07, 6.45) is 7.33. The second kappa shape index (κ2) is 11.2. The standard InChI is InChI=1S/C23H28N2O4/c1-3-4-5-6-7-8-9-12-17-13-10-14-18-20(17)23(29)25(22(18)28)19(15-11-16-26)21(27)24-2/h10,13-14,16,19H,3-8,11,15H2,1-2H3,(H,24,27). The SMILES string of the molecule is CCCCCCCC#Cc1cccc2c1C(=O)N(C(CCC=O)C(=O)NC)C2=O. The van der Waals surface area contributed by atoms with E-state index in [0.717, 1.165) is 24.2 Å². The first kappa shape index (κ1) is 22.4. The van der Waals surface area contributed by atoms with Gasteiger partial charge in [-0.25, -0.2) is 0 Å². The highest BCUT2D eigenvalue weighted by molar-refractivity contribution is 6.23. The molecule has 0 radical (unpaired) electrons. The molecular formula is C23H28N2O4. The number of unbranched alkanes of at least 4 members (excludes halogenated alkanes) is 5. The maximum Gasteiger partial charge on any atom is 0.263 e. The van der Waals surface area contributed by atoms with Gasteiger partial charge in [-0.2, -0.15) is 0 Å². The maximum atomic E-state index is 13.0. The summed E-state index contributed by atoms with van der Waals surface area (Å²) < 4.78 is 0. The molecule has 0 saturated heterocycles. The Morgan fingerprint density at radius 3 is 2.62 bits per heavy atom. The molecule has 0 aliphatic carbocycles. The van der Waals surface area contributed by atoms with Crippen LogP contribution in [0.1, 0.15) is 84.6 Å². The minimum atomic E-state index is -1.02. The smallest absolute Gasteiger partial charge is 0.263 e. The summed E-state index contributed by atoms with van der Waals surface area (Å²) in [6.45, 7) is 2.17. The van der Waals surface area contributed by atoms with Crippen molar-refractivity contribution in [1.29, 1.82) is 0 Å². The molecule has 1 atom stereocenters. The number of aldehydes is 1. The lowest BCUT2D eigenvalue weighted by Crippen LogP contribution is -2.48. The van der Waals surface area contributed by atoms with Crippen molar-refractivity contribution in [2.45, 2.75) is 64.3 Å². The molecule has 1 aromatic carbocycles. The molecule has 6 nitrogen and oxygen atoms in total. The van der Waals surface area contributed by atoms with Gasteiger partial charge in [-0.15, -0.1) is 0 Å². The van der Waals surface area contributed by atoms with E-state index in [-0.39, 0.29) is 24.0 Å². The van der Waals surface area contributed by atoms with Crippen LogP contribution in [-0.2, 0) is 9.59 Å². The lowest BCUT2D eigenvalue weighted by molar-refractivity contribution is -0.124. The Hall–Kier alpha value is -2.94. The number of rotatable bonds is 10. The van der Waals surface area contributed by atoms with Crippen LogP contribution in [0, 0.1) is 11.8 Å². The summed E-state index contributed by atoms with van der Waals surface area (Å²) in [4.78, 5) is 49.9. The number of carbonyl (C=O) groups excluding carboxylic acids is 4. The van der Waals surface area contributed by atoms with Crippen LogP contribution >= 0.6 is 0 Å². The monoisotopic (exact) mass is 396 g/mol. The molecule has 6 heteroatoms. The van der Waals surface area contributed by atoms with Crippen molar-refractivity contribution < 1.29 is 19.2 Å². The number of nitrogens with zero attached hydrogens (tertiary/aromatic N) is 1. The molecule has 29 heavy (non-hydrogen) atoms. The third-order valence-corrected chi connectivity index (χ3v) is 4.99. The number of benzene rings is 1. The van der Waals surface area contributed by atoms with Gasteiger partial charge >= 0.3 is 0 Å². The molecule has 1 unspecified atom stereocenters. The van der Waals surface area contributed by atoms with Crippen LogP contribution in [-0.4, -0.2) is 42.0 Å². The quantitative estimate of drug-likeness (QED) is 0.285. The summed E-state index contributed by atoms with van der Waals surface area (Å²) >= 11 is 0. The molecule has 0 saturated carbocycles. The summed E-state index contributed by atoms with van der Waals surface area (Å²) in [5, 5.41) is 2.47. The van der Waals surface area contributed by atoms with Gasteiger partial charge in [0.05, 0.1) is 11.1 Å². The van der Waals surface area contributed by atoms with Crippen molar-refractivity contribution in [2.75, 3.05) is 7.05 Å². The van der Waals surface area contributed by atoms with Crippen LogP contribution in [0.3, 0.4) is 0 Å². The Bertz CT molecular complexity index is 835. The average Bonchev–Trinajstić information content (AvgIpc) is 2.99. The molecule has 0 aromatic heterocycles. The van der Waals surface area contributed by atoms with Crippen LogP contribution in [0.15, 0.2) is 18.2 Å². The Kier molecular flexibility index (Phi) is 8.60. The number of nitrogens with one attached hydrogen (secondary N) is 1. The third-order valence-electron chi connectivity index (χ3n) is 4.99. The highest BCUT2D eigenvalue weighted by atomic mass is 16.2. The van der Waals surface area contributed by atoms with Gasteiger partial charge in [-0.1, -0.05) is 50.5 Å². The fraction of sp³-hybridized carbons (Fsp3) is 0.478. The van der Waals surface area contributed by atoms with Crippen LogP contribution in [0.2, 0.25) is 0 Å². The molecule has 2 rings (SSSR count). The summed E-state index contributed by atoms with van der Waals surface area (Å²) in [7, 11) is 1.44. The fourth-order valence-electron chi connectivity index (χ4n) is 3.44. The Morgan fingerprint density at radius 1 is 1.17 bits per heavy atom. The molecule has 0 spiro atoms. The van der Waals surface area contributed by atoms with Crippen molar-refractivity contribution in [3.63, 3.8) is 0 Å². The van der Waals surface area contributed by atoms with Gasteiger partial charge in [0.15, 0.2) is 0 Å². The van der Waals surface area contributed by atoms with Crippen molar-refractivity contribution in [3.8, 4) is 11.8 Å². The second-order valence-corrected chi connectivity index (χ2v) is 7.05. The van der Waals surface area contributed by atoms with Gasteiger partial charge in [-0.05, 0) is 25.0 Å². The molecule has 1 aromatic rings. The third kappa shape index (κ3) is 5.32. The number of amides is 3. The minimum Gasteiger partial charge on any atom is -0.357 e. The van der Waals surface area contributed by atoms with Crippen molar-refractivity contribution in [2.24, 2.45) is 0 Å². The first-order valence-electron chi connectivity index (χ1n) is 10.2. The van der Waals surface area contributed by atoms with Gasteiger partial charge < -0.3 is 10.1 Å². The molecule has 1 aliphatic heterocycles. The summed E-state index contributed by atoms with van der Waals surface area (Å²) in [5.74, 6) is 4.60. The molecule has 3 amide bonds. The minimum absolute atomic E-state index is 0.0795. The largest absolute Gasteiger partial charge is 0.357 e. The Morgan fingerprint density at radius 2 is 1.93 bits per heavy atom. The van der Waals surface area contributed by atoms with E-state index in [0.29, 0.717) is 11.8 Å². The van der Waals surface area contributed by atoms with Crippen molar-refractivity contribution in [1.82, 2.24) is 10.2 Å². The van der Waals surface area contributed by atoms with E-state index >= 15 is 0 Å². The average molecular weight is 396 g/mol. The predicted octanol–water partition coefficient (Wildman–Crippen LogP) is 3.09. The lowest BCUT2D eigenvalue weighted by atomic mass is 10.0. The zero-order valence-corrected chi connectivity index (χ0v) is 17.1. The first-order chi connectivity index (χ1) is 14.1. The molecule has 1 aliphatic rings. The number of imide groups is 1. The van der Waals surface area contributed by atoms with E-state index in [1.165, 1.54) is 26.3 Å². The van der Waals surface area contributed by atoms with E-state index in [1.54, 1.807) is 18.2 Å². The lowest BCUT2D eigenvalue weighted by Gasteiger charge is -2.24. The highest BCUT2D eigenvalue weighted by Gasteiger charge is 2.43. The number of fused-ring (bicyclic) bond motifs is 1. The van der Waals surface area contributed by atoms with Gasteiger partial charge in [0, 0.05) is 25.5 Å². The van der Waals surface area contributed by atoms with Crippen molar-refractivity contribution in [3.05, 3.63) is 34.9 Å². The zero-order valence-electron chi connectivity index (χ0n) is 17.1. The van der Waals surface area contributed by atoms with E-state index < -0.39 is 23.8 Å². The molecule has 1 heterocycles. The van der Waals surface area contributed by atoms with E-state index in [1.807, 2.05) is 0 Å². The van der Waals surface area contributed by atoms with Gasteiger partial charge in [0.25, 0.3) is 11.8 Å². The first-order valence-corrected chi connectivity index (χ1v) is 10.2. The number of likely N-dealkylation sites (N-methyl/N-ethyl adjacent to an activating group) is 1. The highest BCUT2D eigenvalue weighted by Crippen LogP contribution is 2.28. The topological polar surface area (TPSA) is 83.6 Å². The molecule has 0 fully saturated rings. The molecule has 154 valence electrons. The second-order valence-electron chi connectivity index (χ2n) is 7.05. The molecule has 1 N–H and O–H groups in total. The van der Waals surface area contributed by atoms with Crippen LogP contribution in [0.4, 0.5) is 0 Å². The molecular weight excluding hydrogens is 368 g/mol. The zero-order chi connectivity index (χ0) is 21.2. The van der Waals surface area contributed by atoms with Gasteiger partial charge in [0.1, 0.15) is 12.3 Å². The number of hydrogen-bond donors (Lipinski definition) is 1. The van der Waals surface area contributed by atoms with Crippen LogP contribution in [0.25, 0.3) is 0 Å². The maximum absolute atomic E-state index is 13.0.